The van der Waals surface area contributed by atoms with Crippen LogP contribution in [0.3, 0.4) is 0 Å². The zero-order chi connectivity index (χ0) is 18.9. The first-order chi connectivity index (χ1) is 12.5. The van der Waals surface area contributed by atoms with Gasteiger partial charge in [-0.3, -0.25) is 0 Å². The Balaban J connectivity index is 1.87. The smallest absolute Gasteiger partial charge is 0.347 e. The third kappa shape index (κ3) is 6.37. The van der Waals surface area contributed by atoms with Gasteiger partial charge in [0.25, 0.3) is 0 Å². The van der Waals surface area contributed by atoms with Crippen LogP contribution < -0.4 is 9.47 Å². The van der Waals surface area contributed by atoms with Crippen molar-refractivity contribution in [3.63, 3.8) is 0 Å². The number of pyridine rings is 1. The fraction of sp³-hybridized carbons (Fsp3) is 0.333. The molecule has 26 heavy (non-hydrogen) atoms. The molecule has 1 aromatic heterocycles. The molecule has 140 valence electrons. The summed E-state index contributed by atoms with van der Waals surface area (Å²) in [6.07, 6.45) is 0.704. The number of aromatic nitrogens is 1. The largest absolute Gasteiger partial charge is 0.479 e. The van der Waals surface area contributed by atoms with Crippen LogP contribution >= 0.6 is 23.2 Å². The Morgan fingerprint density at radius 1 is 1.15 bits per heavy atom. The van der Waals surface area contributed by atoms with Crippen molar-refractivity contribution in [2.45, 2.75) is 20.0 Å². The topological polar surface area (TPSA) is 66.9 Å². The molecule has 0 amide bonds. The van der Waals surface area contributed by atoms with Crippen LogP contribution in [-0.4, -0.2) is 36.9 Å². The van der Waals surface area contributed by atoms with Crippen molar-refractivity contribution in [3.05, 3.63) is 46.6 Å². The van der Waals surface area contributed by atoms with Crippen LogP contribution in [0.5, 0.6) is 17.4 Å². The number of esters is 1. The molecule has 0 radical (unpaired) electrons. The molecule has 0 spiro atoms. The van der Waals surface area contributed by atoms with Gasteiger partial charge in [0.15, 0.2) is 6.10 Å². The zero-order valence-electron chi connectivity index (χ0n) is 14.4. The van der Waals surface area contributed by atoms with Crippen LogP contribution in [-0.2, 0) is 14.3 Å². The van der Waals surface area contributed by atoms with Crippen molar-refractivity contribution < 1.29 is 23.7 Å². The van der Waals surface area contributed by atoms with Crippen LogP contribution in [0.1, 0.15) is 13.8 Å². The molecular formula is C18H19Cl2NO5. The number of nitrogens with zero attached hydrogens (tertiary/aromatic N) is 1. The Bertz CT molecular complexity index is 724. The molecule has 6 nitrogen and oxygen atoms in total. The molecule has 1 atom stereocenters. The lowest BCUT2D eigenvalue weighted by Gasteiger charge is -2.14. The molecule has 0 bridgehead atoms. The summed E-state index contributed by atoms with van der Waals surface area (Å²) in [5.74, 6) is 0.806. The number of ether oxygens (including phenoxy) is 4. The number of carbonyl (C=O) groups is 1. The molecule has 0 aliphatic heterocycles. The van der Waals surface area contributed by atoms with E-state index in [1.165, 1.54) is 6.20 Å². The Morgan fingerprint density at radius 3 is 2.50 bits per heavy atom. The van der Waals surface area contributed by atoms with Gasteiger partial charge in [0.05, 0.1) is 11.6 Å². The second kappa shape index (κ2) is 10.2. The fourth-order valence-corrected chi connectivity index (χ4v) is 2.31. The third-order valence-electron chi connectivity index (χ3n) is 3.13. The second-order valence-corrected chi connectivity index (χ2v) is 5.98. The summed E-state index contributed by atoms with van der Waals surface area (Å²) in [4.78, 5) is 15.8. The predicted octanol–water partition coefficient (Wildman–Crippen LogP) is 4.53. The quantitative estimate of drug-likeness (QED) is 0.455. The van der Waals surface area contributed by atoms with Gasteiger partial charge >= 0.3 is 5.97 Å². The van der Waals surface area contributed by atoms with Gasteiger partial charge in [0, 0.05) is 12.8 Å². The molecule has 0 saturated heterocycles. The number of benzene rings is 1. The first kappa shape index (κ1) is 20.3. The number of carbonyl (C=O) groups excluding carboxylic acids is 1. The van der Waals surface area contributed by atoms with Gasteiger partial charge in [0.2, 0.25) is 5.88 Å². The summed E-state index contributed by atoms with van der Waals surface area (Å²) in [6, 6.07) is 8.23. The second-order valence-electron chi connectivity index (χ2n) is 5.14. The number of hydrogen-bond donors (Lipinski definition) is 0. The van der Waals surface area contributed by atoms with E-state index in [1.807, 2.05) is 6.92 Å². The van der Waals surface area contributed by atoms with Gasteiger partial charge < -0.3 is 18.9 Å². The minimum absolute atomic E-state index is 0.196. The monoisotopic (exact) mass is 399 g/mol. The highest BCUT2D eigenvalue weighted by molar-refractivity contribution is 6.35. The molecule has 8 heteroatoms. The van der Waals surface area contributed by atoms with E-state index in [-0.39, 0.29) is 12.5 Å². The maximum Gasteiger partial charge on any atom is 0.347 e. The van der Waals surface area contributed by atoms with E-state index in [1.54, 1.807) is 37.3 Å². The van der Waals surface area contributed by atoms with Crippen LogP contribution in [0.25, 0.3) is 0 Å². The zero-order valence-corrected chi connectivity index (χ0v) is 15.9. The van der Waals surface area contributed by atoms with E-state index in [2.05, 4.69) is 4.98 Å². The summed E-state index contributed by atoms with van der Waals surface area (Å²) in [6.45, 7) is 4.63. The molecule has 1 aromatic carbocycles. The Hall–Kier alpha value is -2.02. The van der Waals surface area contributed by atoms with Crippen LogP contribution in [0, 0.1) is 0 Å². The average Bonchev–Trinajstić information content (AvgIpc) is 2.62. The van der Waals surface area contributed by atoms with Gasteiger partial charge in [0.1, 0.15) is 23.1 Å². The SMILES string of the molecule is CCOCCOC(=O)[C@H](C)Oc1ccc(Oc2ncc(Cl)cc2Cl)cc1. The summed E-state index contributed by atoms with van der Waals surface area (Å²) in [5.41, 5.74) is 0. The first-order valence-electron chi connectivity index (χ1n) is 7.99. The molecular weight excluding hydrogens is 381 g/mol. The highest BCUT2D eigenvalue weighted by atomic mass is 35.5. The van der Waals surface area contributed by atoms with Crippen molar-refractivity contribution in [1.82, 2.24) is 4.98 Å². The van der Waals surface area contributed by atoms with Crippen LogP contribution in [0.4, 0.5) is 0 Å². The molecule has 0 unspecified atom stereocenters. The van der Waals surface area contributed by atoms with E-state index in [0.717, 1.165) is 0 Å². The summed E-state index contributed by atoms with van der Waals surface area (Å²) in [7, 11) is 0. The number of halogens is 2. The van der Waals surface area contributed by atoms with E-state index in [4.69, 9.17) is 42.1 Å². The highest BCUT2D eigenvalue weighted by Crippen LogP contribution is 2.30. The van der Waals surface area contributed by atoms with Crippen LogP contribution in [0.2, 0.25) is 10.0 Å². The molecule has 2 aromatic rings. The summed E-state index contributed by atoms with van der Waals surface area (Å²) < 4.78 is 21.3. The van der Waals surface area contributed by atoms with E-state index < -0.39 is 12.1 Å². The lowest BCUT2D eigenvalue weighted by molar-refractivity contribution is -0.152. The molecule has 1 heterocycles. The van der Waals surface area contributed by atoms with Gasteiger partial charge in [-0.05, 0) is 44.2 Å². The Labute approximate surface area is 161 Å². The fourth-order valence-electron chi connectivity index (χ4n) is 1.89. The van der Waals surface area contributed by atoms with Gasteiger partial charge in [-0.25, -0.2) is 9.78 Å². The van der Waals surface area contributed by atoms with Gasteiger partial charge in [-0.1, -0.05) is 23.2 Å². The van der Waals surface area contributed by atoms with Crippen LogP contribution in [0.15, 0.2) is 36.5 Å². The molecule has 0 N–H and O–H groups in total. The maximum atomic E-state index is 11.8. The minimum atomic E-state index is -0.740. The molecule has 0 fully saturated rings. The molecule has 0 saturated carbocycles. The van der Waals surface area contributed by atoms with E-state index in [9.17, 15) is 4.79 Å². The van der Waals surface area contributed by atoms with Crippen molar-refractivity contribution >= 4 is 29.2 Å². The van der Waals surface area contributed by atoms with Crippen molar-refractivity contribution in [2.24, 2.45) is 0 Å². The molecule has 2 rings (SSSR count). The number of hydrogen-bond acceptors (Lipinski definition) is 6. The lowest BCUT2D eigenvalue weighted by Crippen LogP contribution is -2.27. The van der Waals surface area contributed by atoms with Crippen molar-refractivity contribution in [2.75, 3.05) is 19.8 Å². The average molecular weight is 400 g/mol. The number of rotatable bonds is 9. The Kier molecular flexibility index (Phi) is 7.97. The third-order valence-corrected chi connectivity index (χ3v) is 3.61. The maximum absolute atomic E-state index is 11.8. The van der Waals surface area contributed by atoms with Crippen molar-refractivity contribution in [3.8, 4) is 17.4 Å². The summed E-state index contributed by atoms with van der Waals surface area (Å²) in [5, 5.41) is 0.731. The van der Waals surface area contributed by atoms with Crippen molar-refractivity contribution in [1.29, 1.82) is 0 Å². The summed E-state index contributed by atoms with van der Waals surface area (Å²) >= 11 is 11.8. The lowest BCUT2D eigenvalue weighted by atomic mass is 10.3. The Morgan fingerprint density at radius 2 is 1.85 bits per heavy atom. The highest BCUT2D eigenvalue weighted by Gasteiger charge is 2.16. The predicted molar refractivity (Wildman–Crippen MR) is 98.3 cm³/mol. The first-order valence-corrected chi connectivity index (χ1v) is 8.75. The standard InChI is InChI=1S/C18H19Cl2NO5/c1-3-23-8-9-24-18(22)12(2)25-14-4-6-15(7-5-14)26-17-16(20)10-13(19)11-21-17/h4-7,10-12H,3,8-9H2,1-2H3/t12-/m0/s1. The minimum Gasteiger partial charge on any atom is -0.479 e. The normalized spacial score (nSPS) is 11.7. The van der Waals surface area contributed by atoms with E-state index in [0.29, 0.717) is 34.8 Å². The van der Waals surface area contributed by atoms with Gasteiger partial charge in [-0.2, -0.15) is 0 Å². The van der Waals surface area contributed by atoms with E-state index >= 15 is 0 Å². The molecule has 0 aliphatic carbocycles. The molecule has 0 aliphatic rings. The van der Waals surface area contributed by atoms with Gasteiger partial charge in [-0.15, -0.1) is 0 Å².